The van der Waals surface area contributed by atoms with E-state index in [1.165, 1.54) is 0 Å². The second kappa shape index (κ2) is 7.15. The van der Waals surface area contributed by atoms with Crippen molar-refractivity contribution in [2.45, 2.75) is 51.6 Å². The van der Waals surface area contributed by atoms with Crippen LogP contribution in [0.1, 0.15) is 67.2 Å². The molecule has 2 aromatic heterocycles. The van der Waals surface area contributed by atoms with Gasteiger partial charge in [-0.3, -0.25) is 19.9 Å². The van der Waals surface area contributed by atoms with Gasteiger partial charge in [0.1, 0.15) is 5.69 Å². The summed E-state index contributed by atoms with van der Waals surface area (Å²) in [6, 6.07) is 1.83. The fourth-order valence-electron chi connectivity index (χ4n) is 3.26. The average molecular weight is 356 g/mol. The molecule has 0 radical (unpaired) electrons. The van der Waals surface area contributed by atoms with Crippen molar-refractivity contribution in [2.75, 3.05) is 20.6 Å². The van der Waals surface area contributed by atoms with Crippen molar-refractivity contribution in [3.05, 3.63) is 41.2 Å². The number of nitrogens with one attached hydrogen (secondary N) is 1. The van der Waals surface area contributed by atoms with Crippen molar-refractivity contribution in [2.24, 2.45) is 0 Å². The lowest BCUT2D eigenvalue weighted by Crippen LogP contribution is -2.31. The zero-order valence-corrected chi connectivity index (χ0v) is 16.3. The number of H-pyrrole nitrogens is 1. The van der Waals surface area contributed by atoms with E-state index in [4.69, 9.17) is 4.98 Å². The van der Waals surface area contributed by atoms with Gasteiger partial charge < -0.3 is 9.80 Å². The number of nitrogens with zero attached hydrogens (tertiary/aromatic N) is 5. The third kappa shape index (κ3) is 3.93. The number of hydrogen-bond acceptors (Lipinski definition) is 5. The molecule has 3 heterocycles. The molecule has 1 N–H and O–H groups in total. The molecular weight excluding hydrogens is 328 g/mol. The summed E-state index contributed by atoms with van der Waals surface area (Å²) >= 11 is 0. The monoisotopic (exact) mass is 356 g/mol. The molecular formula is C19H28N6O. The third-order valence-electron chi connectivity index (χ3n) is 4.64. The predicted octanol–water partition coefficient (Wildman–Crippen LogP) is 2.54. The van der Waals surface area contributed by atoms with E-state index in [0.29, 0.717) is 5.69 Å². The van der Waals surface area contributed by atoms with Crippen molar-refractivity contribution in [3.63, 3.8) is 0 Å². The van der Waals surface area contributed by atoms with E-state index in [1.807, 2.05) is 25.1 Å². The van der Waals surface area contributed by atoms with Gasteiger partial charge in [-0.1, -0.05) is 20.8 Å². The molecule has 0 saturated carbocycles. The Morgan fingerprint density at radius 1 is 1.35 bits per heavy atom. The highest BCUT2D eigenvalue weighted by Gasteiger charge is 2.33. The van der Waals surface area contributed by atoms with E-state index >= 15 is 0 Å². The quantitative estimate of drug-likeness (QED) is 0.911. The Morgan fingerprint density at radius 3 is 2.77 bits per heavy atom. The lowest BCUT2D eigenvalue weighted by molar-refractivity contribution is 0.0726. The van der Waals surface area contributed by atoms with Crippen LogP contribution < -0.4 is 0 Å². The maximum absolute atomic E-state index is 13.0. The van der Waals surface area contributed by atoms with Crippen LogP contribution in [0.2, 0.25) is 0 Å². The molecule has 0 aromatic carbocycles. The van der Waals surface area contributed by atoms with Gasteiger partial charge in [0.2, 0.25) is 0 Å². The van der Waals surface area contributed by atoms with Crippen molar-refractivity contribution in [1.29, 1.82) is 0 Å². The van der Waals surface area contributed by atoms with Gasteiger partial charge in [0.15, 0.2) is 0 Å². The first-order valence-electron chi connectivity index (χ1n) is 9.08. The number of amides is 1. The van der Waals surface area contributed by atoms with Crippen LogP contribution in [0.3, 0.4) is 0 Å². The zero-order valence-electron chi connectivity index (χ0n) is 16.3. The van der Waals surface area contributed by atoms with Gasteiger partial charge in [0.05, 0.1) is 23.6 Å². The Kier molecular flexibility index (Phi) is 5.09. The summed E-state index contributed by atoms with van der Waals surface area (Å²) in [6.07, 6.45) is 5.43. The summed E-state index contributed by atoms with van der Waals surface area (Å²) in [7, 11) is 4.01. The van der Waals surface area contributed by atoms with Crippen LogP contribution in [-0.4, -0.2) is 56.5 Å². The Balaban J connectivity index is 1.82. The Labute approximate surface area is 154 Å². The summed E-state index contributed by atoms with van der Waals surface area (Å²) in [5.41, 5.74) is 3.15. The third-order valence-corrected chi connectivity index (χ3v) is 4.64. The summed E-state index contributed by atoms with van der Waals surface area (Å²) in [4.78, 5) is 26.0. The summed E-state index contributed by atoms with van der Waals surface area (Å²) in [5, 5.41) is 7.26. The minimum Gasteiger partial charge on any atom is -0.329 e. The normalized spacial score (nSPS) is 17.9. The van der Waals surface area contributed by atoms with Crippen molar-refractivity contribution < 1.29 is 4.79 Å². The first-order chi connectivity index (χ1) is 12.3. The number of hydrogen-bond donors (Lipinski definition) is 1. The zero-order chi connectivity index (χ0) is 18.9. The highest BCUT2D eigenvalue weighted by Crippen LogP contribution is 2.32. The van der Waals surface area contributed by atoms with Gasteiger partial charge in [0, 0.05) is 30.4 Å². The molecule has 1 aliphatic rings. The maximum Gasteiger partial charge on any atom is 0.274 e. The molecule has 2 aromatic rings. The molecule has 0 unspecified atom stereocenters. The van der Waals surface area contributed by atoms with Gasteiger partial charge >= 0.3 is 0 Å². The molecule has 1 saturated heterocycles. The van der Waals surface area contributed by atoms with Crippen LogP contribution in [0.15, 0.2) is 18.5 Å². The maximum atomic E-state index is 13.0. The van der Waals surface area contributed by atoms with E-state index in [1.54, 1.807) is 12.4 Å². The number of rotatable bonds is 4. The Morgan fingerprint density at radius 2 is 2.12 bits per heavy atom. The number of likely N-dealkylation sites (tertiary alicyclic amines) is 1. The Hall–Kier alpha value is -2.28. The van der Waals surface area contributed by atoms with E-state index in [-0.39, 0.29) is 17.4 Å². The highest BCUT2D eigenvalue weighted by molar-refractivity contribution is 5.92. The molecule has 1 atom stereocenters. The molecule has 1 amide bonds. The fourth-order valence-corrected chi connectivity index (χ4v) is 3.26. The minimum absolute atomic E-state index is 0.0353. The molecule has 7 nitrogen and oxygen atoms in total. The van der Waals surface area contributed by atoms with Gasteiger partial charge in [-0.05, 0) is 33.0 Å². The van der Waals surface area contributed by atoms with Crippen LogP contribution in [0, 0.1) is 0 Å². The van der Waals surface area contributed by atoms with E-state index in [9.17, 15) is 4.79 Å². The van der Waals surface area contributed by atoms with Crippen LogP contribution in [0.4, 0.5) is 0 Å². The number of aromatic amines is 1. The van der Waals surface area contributed by atoms with Crippen molar-refractivity contribution in [1.82, 2.24) is 30.0 Å². The van der Waals surface area contributed by atoms with Crippen LogP contribution >= 0.6 is 0 Å². The molecule has 0 spiro atoms. The minimum atomic E-state index is -0.0675. The van der Waals surface area contributed by atoms with Gasteiger partial charge in [-0.25, -0.2) is 0 Å². The van der Waals surface area contributed by atoms with Crippen LogP contribution in [0.5, 0.6) is 0 Å². The summed E-state index contributed by atoms with van der Waals surface area (Å²) in [5.74, 6) is -0.0425. The summed E-state index contributed by atoms with van der Waals surface area (Å²) in [6.45, 7) is 7.74. The first-order valence-corrected chi connectivity index (χ1v) is 9.08. The molecule has 140 valence electrons. The number of carbonyl (C=O) groups is 1. The van der Waals surface area contributed by atoms with Crippen molar-refractivity contribution in [3.8, 4) is 0 Å². The van der Waals surface area contributed by atoms with Gasteiger partial charge in [0.25, 0.3) is 5.91 Å². The van der Waals surface area contributed by atoms with E-state index < -0.39 is 0 Å². The number of carbonyl (C=O) groups excluding carboxylic acids is 1. The standard InChI is InChI=1S/C19H28N6O/c1-19(2,3)17-9-14(22-23-17)18(26)25-8-6-7-16(25)15-11-20-10-13(21-15)12-24(4)5/h9-11,16H,6-8,12H2,1-5H3,(H,22,23)/t16-/m0/s1. The number of aromatic nitrogens is 4. The van der Waals surface area contributed by atoms with Crippen LogP contribution in [-0.2, 0) is 12.0 Å². The predicted molar refractivity (Wildman–Crippen MR) is 99.7 cm³/mol. The van der Waals surface area contributed by atoms with E-state index in [0.717, 1.165) is 43.0 Å². The molecule has 3 rings (SSSR count). The van der Waals surface area contributed by atoms with Gasteiger partial charge in [-0.2, -0.15) is 5.10 Å². The van der Waals surface area contributed by atoms with Crippen LogP contribution in [0.25, 0.3) is 0 Å². The smallest absolute Gasteiger partial charge is 0.274 e. The fraction of sp³-hybridized carbons (Fsp3) is 0.579. The second-order valence-electron chi connectivity index (χ2n) is 8.25. The molecule has 7 heteroatoms. The molecule has 0 aliphatic carbocycles. The Bertz CT molecular complexity index is 776. The topological polar surface area (TPSA) is 78.0 Å². The first kappa shape index (κ1) is 18.5. The largest absolute Gasteiger partial charge is 0.329 e. The lowest BCUT2D eigenvalue weighted by atomic mass is 9.92. The average Bonchev–Trinajstić information content (AvgIpc) is 3.23. The molecule has 0 bridgehead atoms. The second-order valence-corrected chi connectivity index (χ2v) is 8.25. The molecule has 1 fully saturated rings. The lowest BCUT2D eigenvalue weighted by Gasteiger charge is -2.23. The highest BCUT2D eigenvalue weighted by atomic mass is 16.2. The summed E-state index contributed by atoms with van der Waals surface area (Å²) < 4.78 is 0. The van der Waals surface area contributed by atoms with Gasteiger partial charge in [-0.15, -0.1) is 0 Å². The van der Waals surface area contributed by atoms with Crippen molar-refractivity contribution >= 4 is 5.91 Å². The SMILES string of the molecule is CN(C)Cc1cncc([C@@H]2CCCN2C(=O)c2cc(C(C)(C)C)[nH]n2)n1. The van der Waals surface area contributed by atoms with E-state index in [2.05, 4.69) is 40.9 Å². The molecule has 1 aliphatic heterocycles. The molecule has 26 heavy (non-hydrogen) atoms.